The molecule has 0 N–H and O–H groups in total. The maximum Gasteiger partial charge on any atom is -0.147 e. The summed E-state index contributed by atoms with van der Waals surface area (Å²) in [4.78, 5) is 0. The average molecular weight is 797 g/mol. The van der Waals surface area contributed by atoms with Crippen LogP contribution < -0.4 is 0 Å². The third kappa shape index (κ3) is 6.21. The van der Waals surface area contributed by atoms with Gasteiger partial charge in [-0.3, -0.25) is 0 Å². The Bertz CT molecular complexity index is 2250. The fraction of sp³-hybridized carbons (Fsp3) is 0.304. The Hall–Kier alpha value is -2.48. The van der Waals surface area contributed by atoms with Gasteiger partial charge in [-0.1, -0.05) is 0 Å². The van der Waals surface area contributed by atoms with Gasteiger partial charge < -0.3 is 0 Å². The third-order valence-electron chi connectivity index (χ3n) is 11.9. The van der Waals surface area contributed by atoms with Crippen molar-refractivity contribution >= 4 is 54.6 Å². The Kier molecular flexibility index (Phi) is 10.5. The van der Waals surface area contributed by atoms with Crippen LogP contribution in [0.1, 0.15) is 87.7 Å². The number of rotatable bonds is 5. The van der Waals surface area contributed by atoms with E-state index in [-0.39, 0.29) is 30.2 Å². The number of hydrogen-bond donors (Lipinski definition) is 0. The first-order valence-electron chi connectivity index (χ1n) is 17.9. The van der Waals surface area contributed by atoms with Gasteiger partial charge >= 0.3 is 294 Å². The third-order valence-corrected chi connectivity index (χ3v) is 29.4. The zero-order chi connectivity index (χ0) is 34.4. The number of allylic oxidation sites excluding steroid dienone is 2. The van der Waals surface area contributed by atoms with E-state index in [0.29, 0.717) is 13.2 Å². The summed E-state index contributed by atoms with van der Waals surface area (Å²) in [7, 11) is 0. The predicted molar refractivity (Wildman–Crippen MR) is 226 cm³/mol. The fourth-order valence-corrected chi connectivity index (χ4v) is 30.1. The van der Waals surface area contributed by atoms with Crippen molar-refractivity contribution in [3.63, 3.8) is 0 Å². The van der Waals surface area contributed by atoms with Gasteiger partial charge in [-0.25, -0.2) is 0 Å². The minimum Gasteiger partial charge on any atom is -0.147 e. The van der Waals surface area contributed by atoms with Crippen LogP contribution in [0.2, 0.25) is 9.26 Å². The molecule has 260 valence electrons. The number of halogens is 2. The molecule has 50 heavy (non-hydrogen) atoms. The summed E-state index contributed by atoms with van der Waals surface area (Å²) in [6.07, 6.45) is 5.20. The van der Waals surface area contributed by atoms with Crippen LogP contribution in [0.4, 0.5) is 0 Å². The van der Waals surface area contributed by atoms with Gasteiger partial charge in [-0.05, 0) is 0 Å². The number of benzene rings is 5. The van der Waals surface area contributed by atoms with E-state index in [2.05, 4.69) is 175 Å². The predicted octanol–water partition coefficient (Wildman–Crippen LogP) is 13.5. The van der Waals surface area contributed by atoms with Crippen molar-refractivity contribution in [1.29, 1.82) is 0 Å². The molecule has 7 rings (SSSR count). The largest absolute Gasteiger partial charge is 0.147 e. The fourth-order valence-electron chi connectivity index (χ4n) is 9.48. The molecule has 0 aliphatic heterocycles. The molecule has 5 aromatic rings. The molecule has 0 fully saturated rings. The van der Waals surface area contributed by atoms with Crippen LogP contribution in [-0.2, 0) is 22.8 Å². The number of fused-ring (bicyclic) bond motifs is 3. The molecule has 0 aromatic heterocycles. The van der Waals surface area contributed by atoms with Crippen molar-refractivity contribution < 1.29 is 17.4 Å². The maximum absolute atomic E-state index is 3.77. The molecular weight excluding hydrogens is 743 g/mol. The summed E-state index contributed by atoms with van der Waals surface area (Å²) >= 11 is -3.77. The molecule has 2 aliphatic carbocycles. The van der Waals surface area contributed by atoms with Crippen molar-refractivity contribution in [1.82, 2.24) is 0 Å². The average Bonchev–Trinajstić information content (AvgIpc) is 3.62. The van der Waals surface area contributed by atoms with Gasteiger partial charge in [-0.2, -0.15) is 0 Å². The maximum atomic E-state index is 2.79. The summed E-state index contributed by atoms with van der Waals surface area (Å²) in [6.45, 7) is 21.4. The van der Waals surface area contributed by atoms with Crippen molar-refractivity contribution in [2.75, 3.05) is 0 Å². The normalized spacial score (nSPS) is 17.1. The van der Waals surface area contributed by atoms with Gasteiger partial charge in [0.2, 0.25) is 0 Å². The first-order valence-corrected chi connectivity index (χ1v) is 31.6. The molecular formula is C46H54Cl2SiZr. The van der Waals surface area contributed by atoms with E-state index in [1.807, 2.05) is 0 Å². The van der Waals surface area contributed by atoms with Crippen molar-refractivity contribution in [3.8, 4) is 22.3 Å². The second kappa shape index (κ2) is 13.5. The van der Waals surface area contributed by atoms with Gasteiger partial charge in [0, 0.05) is 0 Å². The van der Waals surface area contributed by atoms with E-state index < -0.39 is 17.4 Å². The van der Waals surface area contributed by atoms with Crippen LogP contribution >= 0.6 is 24.8 Å². The van der Waals surface area contributed by atoms with Crippen LogP contribution in [-0.4, -0.2) is 6.88 Å². The first kappa shape index (κ1) is 38.7. The minimum atomic E-state index is -3.77. The van der Waals surface area contributed by atoms with E-state index in [1.165, 1.54) is 60.8 Å². The first-order chi connectivity index (χ1) is 22.6. The number of hydrogen-bond acceptors (Lipinski definition) is 0. The van der Waals surface area contributed by atoms with Gasteiger partial charge in [-0.15, -0.1) is 24.8 Å². The SMILES string of the molecule is CC1=Cc2c(-c3cccc4ccccc34)cc(C)c(C)c2[CH]1[Zr]([CH3])([CH3])(=[SiH2])[CH]1C(C(C)C)=Cc2c(-c3ccc(C(C)(C)C)cc3)cccc21.Cl.Cl. The molecule has 4 heteroatoms. The van der Waals surface area contributed by atoms with Crippen molar-refractivity contribution in [2.24, 2.45) is 5.92 Å². The van der Waals surface area contributed by atoms with Gasteiger partial charge in [0.1, 0.15) is 0 Å². The molecule has 2 unspecified atom stereocenters. The Morgan fingerprint density at radius 2 is 1.30 bits per heavy atom. The molecule has 0 radical (unpaired) electrons. The van der Waals surface area contributed by atoms with E-state index in [1.54, 1.807) is 22.3 Å². The Balaban J connectivity index is 0.00000243. The van der Waals surface area contributed by atoms with Crippen LogP contribution in [0, 0.1) is 19.8 Å². The second-order valence-corrected chi connectivity index (χ2v) is 47.8. The molecule has 2 atom stereocenters. The molecule has 0 spiro atoms. The zero-order valence-electron chi connectivity index (χ0n) is 31.6. The molecule has 5 aromatic carbocycles. The van der Waals surface area contributed by atoms with Gasteiger partial charge in [0.05, 0.1) is 0 Å². The summed E-state index contributed by atoms with van der Waals surface area (Å²) in [6, 6.07) is 34.7. The van der Waals surface area contributed by atoms with Crippen LogP contribution in [0.3, 0.4) is 0 Å². The molecule has 0 heterocycles. The molecule has 0 saturated heterocycles. The summed E-state index contributed by atoms with van der Waals surface area (Å²) in [5.41, 5.74) is 19.2. The van der Waals surface area contributed by atoms with Crippen LogP contribution in [0.25, 0.3) is 45.2 Å². The molecule has 0 amide bonds. The summed E-state index contributed by atoms with van der Waals surface area (Å²) < 4.78 is 6.56. The van der Waals surface area contributed by atoms with Crippen molar-refractivity contribution in [3.05, 3.63) is 141 Å². The monoisotopic (exact) mass is 794 g/mol. The molecule has 0 bridgehead atoms. The van der Waals surface area contributed by atoms with Gasteiger partial charge in [0.25, 0.3) is 0 Å². The minimum absolute atomic E-state index is 0. The summed E-state index contributed by atoms with van der Waals surface area (Å²) in [5.74, 6) is 0.492. The van der Waals surface area contributed by atoms with E-state index >= 15 is 0 Å². The van der Waals surface area contributed by atoms with Crippen LogP contribution in [0.15, 0.2) is 102 Å². The Morgan fingerprint density at radius 1 is 0.680 bits per heavy atom. The van der Waals surface area contributed by atoms with E-state index in [0.717, 1.165) is 0 Å². The zero-order valence-corrected chi connectivity index (χ0v) is 37.1. The molecule has 0 nitrogen and oxygen atoms in total. The van der Waals surface area contributed by atoms with E-state index in [9.17, 15) is 0 Å². The quantitative estimate of drug-likeness (QED) is 0.155. The van der Waals surface area contributed by atoms with Crippen molar-refractivity contribution in [2.45, 2.75) is 77.3 Å². The topological polar surface area (TPSA) is 0 Å². The second-order valence-electron chi connectivity index (χ2n) is 17.3. The molecule has 2 aliphatic rings. The molecule has 0 saturated carbocycles. The Morgan fingerprint density at radius 3 is 1.96 bits per heavy atom. The standard InChI is InChI=1S/C22H19.C22H25.2CH3.2ClH.H2Si.Zr/c1-14-11-20-16(3)15(2)13-22(21(20)12-14)19-10-6-8-17-7-4-5-9-18(17)19;1-15(2)18-13-17-7-6-8-20(21(17)14-18)16-9-11-19(12-10-16)22(3,4)5;;;;;;/h4-13H,1-3H3;6-15H,1-5H3;2*1H3;2*1H;1H2;. The van der Waals surface area contributed by atoms with Crippen LogP contribution in [0.5, 0.6) is 0 Å². The number of aryl methyl sites for hydroxylation is 1. The Labute approximate surface area is 316 Å². The summed E-state index contributed by atoms with van der Waals surface area (Å²) in [5, 5.41) is 2.65. The van der Waals surface area contributed by atoms with E-state index in [4.69, 9.17) is 0 Å². The smallest absolute Gasteiger partial charge is 0.147 e. The van der Waals surface area contributed by atoms with Gasteiger partial charge in [0.15, 0.2) is 0 Å².